The summed E-state index contributed by atoms with van der Waals surface area (Å²) in [6, 6.07) is 14.0. The van der Waals surface area contributed by atoms with Crippen molar-refractivity contribution in [1.82, 2.24) is 0 Å². The van der Waals surface area contributed by atoms with Crippen molar-refractivity contribution >= 4 is 28.9 Å². The highest BCUT2D eigenvalue weighted by molar-refractivity contribution is 7.17. The van der Waals surface area contributed by atoms with Gasteiger partial charge in [0.15, 0.2) is 5.75 Å². The predicted octanol–water partition coefficient (Wildman–Crippen LogP) is 4.05. The maximum absolute atomic E-state index is 12.7. The number of rotatable bonds is 3. The number of esters is 1. The largest absolute Gasteiger partial charge is 0.505 e. The van der Waals surface area contributed by atoms with Crippen molar-refractivity contribution in [3.05, 3.63) is 64.5 Å². The number of phenolic OH excluding ortho intramolecular Hbond substituents is 1. The van der Waals surface area contributed by atoms with E-state index in [4.69, 9.17) is 4.74 Å². The van der Waals surface area contributed by atoms with Gasteiger partial charge in [0.25, 0.3) is 5.91 Å². The van der Waals surface area contributed by atoms with Gasteiger partial charge in [0.1, 0.15) is 17.9 Å². The highest BCUT2D eigenvalue weighted by Crippen LogP contribution is 2.42. The summed E-state index contributed by atoms with van der Waals surface area (Å²) >= 11 is 1.36. The number of phenols is 1. The zero-order valence-corrected chi connectivity index (χ0v) is 15.1. The summed E-state index contributed by atoms with van der Waals surface area (Å²) in [5.74, 6) is -0.580. The number of para-hydroxylation sites is 2. The number of fused-ring (bicyclic) bond motifs is 3. The number of carbonyl (C=O) groups excluding carboxylic acids is 2. The first-order chi connectivity index (χ1) is 13.1. The van der Waals surface area contributed by atoms with Crippen molar-refractivity contribution in [3.8, 4) is 21.9 Å². The molecule has 0 aliphatic carbocycles. The van der Waals surface area contributed by atoms with E-state index in [1.807, 2.05) is 24.3 Å². The second kappa shape index (κ2) is 6.77. The zero-order valence-electron chi connectivity index (χ0n) is 14.3. The number of anilines is 1. The SMILES string of the molecule is COC(=O)c1cccc(NC(=O)c2cc3c(s2)-c2ccccc2OC3)c1O. The third-order valence-electron chi connectivity index (χ3n) is 4.24. The van der Waals surface area contributed by atoms with Crippen LogP contribution in [0.2, 0.25) is 0 Å². The maximum atomic E-state index is 12.7. The van der Waals surface area contributed by atoms with Crippen LogP contribution in [-0.2, 0) is 11.3 Å². The molecular formula is C20H15NO5S. The van der Waals surface area contributed by atoms with Gasteiger partial charge in [-0.15, -0.1) is 11.3 Å². The quantitative estimate of drug-likeness (QED) is 0.528. The van der Waals surface area contributed by atoms with E-state index >= 15 is 0 Å². The molecule has 0 atom stereocenters. The second-order valence-electron chi connectivity index (χ2n) is 5.90. The second-order valence-corrected chi connectivity index (χ2v) is 6.95. The molecule has 0 spiro atoms. The van der Waals surface area contributed by atoms with Gasteiger partial charge in [0, 0.05) is 16.0 Å². The van der Waals surface area contributed by atoms with E-state index in [0.717, 1.165) is 21.8 Å². The van der Waals surface area contributed by atoms with Gasteiger partial charge in [0.05, 0.1) is 17.7 Å². The van der Waals surface area contributed by atoms with Crippen LogP contribution in [0, 0.1) is 0 Å². The van der Waals surface area contributed by atoms with E-state index < -0.39 is 5.97 Å². The van der Waals surface area contributed by atoms with Gasteiger partial charge in [-0.2, -0.15) is 0 Å². The van der Waals surface area contributed by atoms with Gasteiger partial charge in [-0.25, -0.2) is 4.79 Å². The van der Waals surface area contributed by atoms with Gasteiger partial charge < -0.3 is 19.9 Å². The molecule has 6 nitrogen and oxygen atoms in total. The topological polar surface area (TPSA) is 84.9 Å². The average Bonchev–Trinajstić information content (AvgIpc) is 3.14. The number of hydrogen-bond donors (Lipinski definition) is 2. The molecule has 0 unspecified atom stereocenters. The summed E-state index contributed by atoms with van der Waals surface area (Å²) in [7, 11) is 1.23. The Labute approximate surface area is 159 Å². The molecule has 2 aromatic carbocycles. The number of benzene rings is 2. The molecule has 2 heterocycles. The molecule has 7 heteroatoms. The molecule has 0 saturated carbocycles. The van der Waals surface area contributed by atoms with Crippen LogP contribution >= 0.6 is 11.3 Å². The lowest BCUT2D eigenvalue weighted by molar-refractivity contribution is 0.0597. The minimum atomic E-state index is -0.677. The van der Waals surface area contributed by atoms with E-state index in [-0.39, 0.29) is 22.9 Å². The summed E-state index contributed by atoms with van der Waals surface area (Å²) in [6.45, 7) is 0.402. The van der Waals surface area contributed by atoms with E-state index in [1.54, 1.807) is 12.1 Å². The molecule has 0 fully saturated rings. The van der Waals surface area contributed by atoms with E-state index in [9.17, 15) is 14.7 Å². The molecule has 1 aliphatic rings. The van der Waals surface area contributed by atoms with Crippen LogP contribution in [0.25, 0.3) is 10.4 Å². The van der Waals surface area contributed by atoms with Crippen LogP contribution in [0.4, 0.5) is 5.69 Å². The predicted molar refractivity (Wildman–Crippen MR) is 101 cm³/mol. The van der Waals surface area contributed by atoms with Crippen LogP contribution in [0.15, 0.2) is 48.5 Å². The Morgan fingerprint density at radius 3 is 2.81 bits per heavy atom. The Hall–Kier alpha value is -3.32. The smallest absolute Gasteiger partial charge is 0.341 e. The summed E-state index contributed by atoms with van der Waals surface area (Å²) in [4.78, 5) is 25.8. The molecule has 27 heavy (non-hydrogen) atoms. The van der Waals surface area contributed by atoms with Crippen molar-refractivity contribution in [2.24, 2.45) is 0 Å². The Morgan fingerprint density at radius 2 is 2.00 bits per heavy atom. The lowest BCUT2D eigenvalue weighted by Gasteiger charge is -2.16. The first-order valence-corrected chi connectivity index (χ1v) is 8.96. The Bertz CT molecular complexity index is 1060. The summed E-state index contributed by atoms with van der Waals surface area (Å²) in [5.41, 5.74) is 2.03. The Kier molecular flexibility index (Phi) is 4.29. The molecular weight excluding hydrogens is 366 g/mol. The van der Waals surface area contributed by atoms with Crippen LogP contribution in [0.3, 0.4) is 0 Å². The molecule has 1 aliphatic heterocycles. The molecule has 3 aromatic rings. The van der Waals surface area contributed by atoms with Crippen molar-refractivity contribution in [2.75, 3.05) is 12.4 Å². The van der Waals surface area contributed by atoms with Crippen molar-refractivity contribution in [3.63, 3.8) is 0 Å². The van der Waals surface area contributed by atoms with E-state index in [0.29, 0.717) is 11.5 Å². The molecule has 0 radical (unpaired) electrons. The molecule has 1 aromatic heterocycles. The van der Waals surface area contributed by atoms with Gasteiger partial charge in [-0.3, -0.25) is 4.79 Å². The highest BCUT2D eigenvalue weighted by atomic mass is 32.1. The number of carbonyl (C=O) groups is 2. The average molecular weight is 381 g/mol. The molecule has 2 N–H and O–H groups in total. The molecule has 4 rings (SSSR count). The van der Waals surface area contributed by atoms with Crippen LogP contribution < -0.4 is 10.1 Å². The molecule has 136 valence electrons. The minimum Gasteiger partial charge on any atom is -0.505 e. The first-order valence-electron chi connectivity index (χ1n) is 8.15. The van der Waals surface area contributed by atoms with Crippen LogP contribution in [0.1, 0.15) is 25.6 Å². The lowest BCUT2D eigenvalue weighted by Crippen LogP contribution is -2.11. The van der Waals surface area contributed by atoms with Gasteiger partial charge >= 0.3 is 5.97 Å². The minimum absolute atomic E-state index is 0.0110. The third kappa shape index (κ3) is 3.02. The Morgan fingerprint density at radius 1 is 1.19 bits per heavy atom. The standard InChI is InChI=1S/C20H15NO5S/c1-25-20(24)13-6-4-7-14(17(13)22)21-19(23)16-9-11-10-26-15-8-3-2-5-12(15)18(11)27-16/h2-9,22H,10H2,1H3,(H,21,23). The number of hydrogen-bond acceptors (Lipinski definition) is 6. The third-order valence-corrected chi connectivity index (χ3v) is 5.45. The highest BCUT2D eigenvalue weighted by Gasteiger charge is 2.23. The number of methoxy groups -OCH3 is 1. The number of thiophene rings is 1. The first kappa shape index (κ1) is 17.1. The maximum Gasteiger partial charge on any atom is 0.341 e. The molecule has 0 saturated heterocycles. The van der Waals surface area contributed by atoms with E-state index in [1.165, 1.54) is 30.6 Å². The lowest BCUT2D eigenvalue weighted by atomic mass is 10.1. The fourth-order valence-corrected chi connectivity index (χ4v) is 4.01. The Balaban J connectivity index is 1.63. The number of aromatic hydroxyl groups is 1. The summed E-state index contributed by atoms with van der Waals surface area (Å²) in [6.07, 6.45) is 0. The summed E-state index contributed by atoms with van der Waals surface area (Å²) < 4.78 is 10.3. The molecule has 0 bridgehead atoms. The van der Waals surface area contributed by atoms with Gasteiger partial charge in [-0.05, 0) is 30.3 Å². The van der Waals surface area contributed by atoms with Gasteiger partial charge in [-0.1, -0.05) is 18.2 Å². The van der Waals surface area contributed by atoms with E-state index in [2.05, 4.69) is 10.1 Å². The monoisotopic (exact) mass is 381 g/mol. The number of amides is 1. The van der Waals surface area contributed by atoms with Crippen molar-refractivity contribution in [1.29, 1.82) is 0 Å². The van der Waals surface area contributed by atoms with Crippen LogP contribution in [0.5, 0.6) is 11.5 Å². The normalized spacial score (nSPS) is 11.7. The number of ether oxygens (including phenoxy) is 2. The zero-order chi connectivity index (χ0) is 19.0. The van der Waals surface area contributed by atoms with Gasteiger partial charge in [0.2, 0.25) is 0 Å². The fraction of sp³-hybridized carbons (Fsp3) is 0.100. The molecule has 1 amide bonds. The van der Waals surface area contributed by atoms with Crippen molar-refractivity contribution < 1.29 is 24.2 Å². The summed E-state index contributed by atoms with van der Waals surface area (Å²) in [5, 5.41) is 12.9. The van der Waals surface area contributed by atoms with Crippen molar-refractivity contribution in [2.45, 2.75) is 6.61 Å². The number of nitrogens with one attached hydrogen (secondary N) is 1. The van der Waals surface area contributed by atoms with Crippen LogP contribution in [-0.4, -0.2) is 24.1 Å². The fourth-order valence-electron chi connectivity index (χ4n) is 2.91.